The second-order valence-electron chi connectivity index (χ2n) is 5.66. The van der Waals surface area contributed by atoms with Crippen LogP contribution in [0.1, 0.15) is 72.1 Å². The summed E-state index contributed by atoms with van der Waals surface area (Å²) in [7, 11) is 0. The van der Waals surface area contributed by atoms with Gasteiger partial charge in [-0.3, -0.25) is 11.3 Å². The molecular formula is C15H32N2O. The number of ether oxygens (including phenoxy) is 1. The molecule has 0 aromatic carbocycles. The molecule has 0 radical (unpaired) electrons. The van der Waals surface area contributed by atoms with Crippen molar-refractivity contribution >= 4 is 0 Å². The molecule has 1 saturated carbocycles. The molecule has 3 nitrogen and oxygen atoms in total. The normalized spacial score (nSPS) is 20.0. The van der Waals surface area contributed by atoms with Gasteiger partial charge in [0.15, 0.2) is 0 Å². The molecular weight excluding hydrogens is 224 g/mol. The molecule has 1 aliphatic rings. The van der Waals surface area contributed by atoms with Gasteiger partial charge in [-0.05, 0) is 32.1 Å². The second-order valence-corrected chi connectivity index (χ2v) is 5.66. The van der Waals surface area contributed by atoms with Crippen molar-refractivity contribution in [1.82, 2.24) is 5.43 Å². The monoisotopic (exact) mass is 256 g/mol. The Balaban J connectivity index is 2.65. The predicted molar refractivity (Wildman–Crippen MR) is 77.2 cm³/mol. The van der Waals surface area contributed by atoms with Crippen LogP contribution in [0.3, 0.4) is 0 Å². The maximum atomic E-state index is 6.08. The van der Waals surface area contributed by atoms with Gasteiger partial charge < -0.3 is 4.74 Å². The molecule has 1 rings (SSSR count). The van der Waals surface area contributed by atoms with Crippen molar-refractivity contribution in [2.24, 2.45) is 11.8 Å². The van der Waals surface area contributed by atoms with E-state index in [1.54, 1.807) is 0 Å². The highest BCUT2D eigenvalue weighted by Crippen LogP contribution is 2.33. The molecule has 0 heterocycles. The van der Waals surface area contributed by atoms with E-state index in [2.05, 4.69) is 26.2 Å². The summed E-state index contributed by atoms with van der Waals surface area (Å²) in [5.74, 6) is 6.66. The van der Waals surface area contributed by atoms with E-state index in [1.165, 1.54) is 32.1 Å². The summed E-state index contributed by atoms with van der Waals surface area (Å²) < 4.78 is 6.08. The second kappa shape index (κ2) is 8.13. The highest BCUT2D eigenvalue weighted by molar-refractivity contribution is 4.92. The van der Waals surface area contributed by atoms with Crippen molar-refractivity contribution < 1.29 is 4.74 Å². The summed E-state index contributed by atoms with van der Waals surface area (Å²) in [4.78, 5) is 0. The maximum Gasteiger partial charge on any atom is 0.0842 e. The highest BCUT2D eigenvalue weighted by Gasteiger charge is 2.37. The maximum absolute atomic E-state index is 6.08. The number of nitrogens with one attached hydrogen (secondary N) is 1. The minimum Gasteiger partial charge on any atom is -0.374 e. The van der Waals surface area contributed by atoms with Crippen molar-refractivity contribution in [3.8, 4) is 0 Å². The van der Waals surface area contributed by atoms with Crippen LogP contribution in [0, 0.1) is 5.92 Å². The summed E-state index contributed by atoms with van der Waals surface area (Å²) >= 11 is 0. The fraction of sp³-hybridized carbons (Fsp3) is 1.00. The molecule has 0 aromatic heterocycles. The van der Waals surface area contributed by atoms with Crippen LogP contribution in [-0.4, -0.2) is 18.2 Å². The average molecular weight is 256 g/mol. The first-order chi connectivity index (χ1) is 8.72. The van der Waals surface area contributed by atoms with Crippen molar-refractivity contribution in [3.63, 3.8) is 0 Å². The van der Waals surface area contributed by atoms with Gasteiger partial charge in [0.05, 0.1) is 11.6 Å². The third-order valence-electron chi connectivity index (χ3n) is 4.76. The lowest BCUT2D eigenvalue weighted by atomic mass is 9.78. The molecule has 0 aliphatic heterocycles. The van der Waals surface area contributed by atoms with Crippen LogP contribution in [0.15, 0.2) is 0 Å². The van der Waals surface area contributed by atoms with E-state index in [0.29, 0.717) is 0 Å². The molecule has 0 amide bonds. The SMILES string of the molecule is CCOC(CC)(CC)C(CC1CCCCC1)NN. The van der Waals surface area contributed by atoms with E-state index in [0.717, 1.165) is 31.8 Å². The largest absolute Gasteiger partial charge is 0.374 e. The van der Waals surface area contributed by atoms with Crippen LogP contribution in [0.4, 0.5) is 0 Å². The van der Waals surface area contributed by atoms with Crippen molar-refractivity contribution in [2.45, 2.75) is 83.8 Å². The van der Waals surface area contributed by atoms with Gasteiger partial charge in [-0.15, -0.1) is 0 Å². The van der Waals surface area contributed by atoms with E-state index in [9.17, 15) is 0 Å². The number of nitrogens with two attached hydrogens (primary N) is 1. The van der Waals surface area contributed by atoms with Crippen LogP contribution in [-0.2, 0) is 4.74 Å². The smallest absolute Gasteiger partial charge is 0.0842 e. The topological polar surface area (TPSA) is 47.3 Å². The third-order valence-corrected chi connectivity index (χ3v) is 4.76. The number of hydrazine groups is 1. The van der Waals surface area contributed by atoms with Crippen molar-refractivity contribution in [2.75, 3.05) is 6.61 Å². The average Bonchev–Trinajstić information content (AvgIpc) is 2.44. The molecule has 18 heavy (non-hydrogen) atoms. The van der Waals surface area contributed by atoms with Crippen LogP contribution in [0.2, 0.25) is 0 Å². The molecule has 108 valence electrons. The zero-order valence-electron chi connectivity index (χ0n) is 12.5. The van der Waals surface area contributed by atoms with E-state index in [-0.39, 0.29) is 11.6 Å². The summed E-state index contributed by atoms with van der Waals surface area (Å²) in [5, 5.41) is 0. The van der Waals surface area contributed by atoms with Crippen molar-refractivity contribution in [3.05, 3.63) is 0 Å². The lowest BCUT2D eigenvalue weighted by Gasteiger charge is -2.41. The predicted octanol–water partition coefficient (Wildman–Crippen LogP) is 3.38. The number of rotatable bonds is 8. The summed E-state index contributed by atoms with van der Waals surface area (Å²) in [5.41, 5.74) is 2.97. The molecule has 0 spiro atoms. The third kappa shape index (κ3) is 3.94. The highest BCUT2D eigenvalue weighted by atomic mass is 16.5. The van der Waals surface area contributed by atoms with Gasteiger partial charge in [0, 0.05) is 6.61 Å². The zero-order chi connectivity index (χ0) is 13.4. The van der Waals surface area contributed by atoms with E-state index in [1.807, 2.05) is 0 Å². The van der Waals surface area contributed by atoms with E-state index in [4.69, 9.17) is 10.6 Å². The Kier molecular flexibility index (Phi) is 7.20. The van der Waals surface area contributed by atoms with Gasteiger partial charge in [0.1, 0.15) is 0 Å². The van der Waals surface area contributed by atoms with E-state index < -0.39 is 0 Å². The van der Waals surface area contributed by atoms with Crippen LogP contribution in [0.25, 0.3) is 0 Å². The fourth-order valence-electron chi connectivity index (χ4n) is 3.53. The van der Waals surface area contributed by atoms with Gasteiger partial charge in [-0.25, -0.2) is 0 Å². The van der Waals surface area contributed by atoms with Gasteiger partial charge in [0.25, 0.3) is 0 Å². The van der Waals surface area contributed by atoms with Gasteiger partial charge in [-0.1, -0.05) is 46.0 Å². The van der Waals surface area contributed by atoms with E-state index >= 15 is 0 Å². The molecule has 1 fully saturated rings. The first-order valence-corrected chi connectivity index (χ1v) is 7.82. The molecule has 1 aliphatic carbocycles. The van der Waals surface area contributed by atoms with Crippen LogP contribution < -0.4 is 11.3 Å². The lowest BCUT2D eigenvalue weighted by molar-refractivity contribution is -0.0777. The Morgan fingerprint density at radius 2 is 1.78 bits per heavy atom. The minimum absolute atomic E-state index is 0.0824. The number of hydrogen-bond acceptors (Lipinski definition) is 3. The van der Waals surface area contributed by atoms with Crippen LogP contribution >= 0.6 is 0 Å². The number of hydrogen-bond donors (Lipinski definition) is 2. The Morgan fingerprint density at radius 3 is 2.22 bits per heavy atom. The molecule has 0 aromatic rings. The first kappa shape index (κ1) is 15.9. The minimum atomic E-state index is -0.0824. The van der Waals surface area contributed by atoms with Crippen molar-refractivity contribution in [1.29, 1.82) is 0 Å². The molecule has 3 N–H and O–H groups in total. The fourth-order valence-corrected chi connectivity index (χ4v) is 3.53. The molecule has 0 saturated heterocycles. The Hall–Kier alpha value is -0.120. The zero-order valence-corrected chi connectivity index (χ0v) is 12.5. The Morgan fingerprint density at radius 1 is 1.17 bits per heavy atom. The summed E-state index contributed by atoms with van der Waals surface area (Å²) in [6, 6.07) is 0.288. The molecule has 3 heteroatoms. The van der Waals surface area contributed by atoms with Gasteiger partial charge >= 0.3 is 0 Å². The Labute approximate surface area is 113 Å². The van der Waals surface area contributed by atoms with Crippen LogP contribution in [0.5, 0.6) is 0 Å². The lowest BCUT2D eigenvalue weighted by Crippen LogP contribution is -2.55. The Bertz CT molecular complexity index is 211. The first-order valence-electron chi connectivity index (χ1n) is 7.82. The molecule has 0 bridgehead atoms. The standard InChI is InChI=1S/C15H32N2O/c1-4-15(5-2,18-6-3)14(17-16)12-13-10-8-7-9-11-13/h13-14,17H,4-12,16H2,1-3H3. The van der Waals surface area contributed by atoms with Gasteiger partial charge in [-0.2, -0.15) is 0 Å². The summed E-state index contributed by atoms with van der Waals surface area (Å²) in [6.45, 7) is 7.27. The summed E-state index contributed by atoms with van der Waals surface area (Å²) in [6.07, 6.45) is 10.1. The van der Waals surface area contributed by atoms with Gasteiger partial charge in [0.2, 0.25) is 0 Å². The quantitative estimate of drug-likeness (QED) is 0.517. The molecule has 1 unspecified atom stereocenters. The molecule has 1 atom stereocenters.